The van der Waals surface area contributed by atoms with Crippen molar-refractivity contribution in [3.8, 4) is 5.75 Å². The molecule has 102 valence electrons. The lowest BCUT2D eigenvalue weighted by atomic mass is 10.1. The van der Waals surface area contributed by atoms with Gasteiger partial charge in [0.1, 0.15) is 11.5 Å². The number of aliphatic hydroxyl groups is 1. The van der Waals surface area contributed by atoms with Crippen molar-refractivity contribution in [2.75, 3.05) is 0 Å². The minimum atomic E-state index is -4.71. The minimum Gasteiger partial charge on any atom is -0.469 e. The standard InChI is InChI=1S/C13H11F3O3/c14-13(15,16)19-10-5-3-9(4-6-10)12(17)8-11-2-1-7-18-11/h1-7,12,17H,8H2. The molecule has 0 bridgehead atoms. The van der Waals surface area contributed by atoms with E-state index in [1.165, 1.54) is 18.4 Å². The molecule has 0 aliphatic carbocycles. The first-order chi connectivity index (χ1) is 8.94. The molecule has 1 aromatic heterocycles. The zero-order valence-electron chi connectivity index (χ0n) is 9.72. The van der Waals surface area contributed by atoms with Crippen molar-refractivity contribution >= 4 is 0 Å². The van der Waals surface area contributed by atoms with Gasteiger partial charge in [0.25, 0.3) is 0 Å². The van der Waals surface area contributed by atoms with Gasteiger partial charge < -0.3 is 14.3 Å². The summed E-state index contributed by atoms with van der Waals surface area (Å²) in [6.45, 7) is 0. The Morgan fingerprint density at radius 2 is 1.84 bits per heavy atom. The Kier molecular flexibility index (Phi) is 3.80. The van der Waals surface area contributed by atoms with E-state index in [1.54, 1.807) is 12.1 Å². The molecule has 0 fully saturated rings. The number of hydrogen-bond acceptors (Lipinski definition) is 3. The third kappa shape index (κ3) is 4.03. The number of aliphatic hydroxyl groups excluding tert-OH is 1. The second-order valence-electron chi connectivity index (χ2n) is 3.92. The number of alkyl halides is 3. The molecule has 0 aliphatic heterocycles. The first-order valence-electron chi connectivity index (χ1n) is 5.50. The lowest BCUT2D eigenvalue weighted by Gasteiger charge is -2.12. The van der Waals surface area contributed by atoms with Gasteiger partial charge >= 0.3 is 6.36 Å². The highest BCUT2D eigenvalue weighted by atomic mass is 19.4. The van der Waals surface area contributed by atoms with Crippen LogP contribution in [0.4, 0.5) is 13.2 Å². The molecule has 6 heteroatoms. The number of furan rings is 1. The van der Waals surface area contributed by atoms with Crippen LogP contribution in [0.25, 0.3) is 0 Å². The second kappa shape index (κ2) is 5.36. The van der Waals surface area contributed by atoms with Gasteiger partial charge in [0.15, 0.2) is 0 Å². The van der Waals surface area contributed by atoms with Crippen LogP contribution in [-0.2, 0) is 6.42 Å². The van der Waals surface area contributed by atoms with Gasteiger partial charge in [-0.3, -0.25) is 0 Å². The number of hydrogen-bond donors (Lipinski definition) is 1. The molecule has 2 aromatic rings. The molecule has 0 saturated carbocycles. The zero-order valence-corrected chi connectivity index (χ0v) is 9.72. The van der Waals surface area contributed by atoms with E-state index in [0.29, 0.717) is 11.3 Å². The molecular formula is C13H11F3O3. The van der Waals surface area contributed by atoms with Crippen molar-refractivity contribution in [1.29, 1.82) is 0 Å². The van der Waals surface area contributed by atoms with Crippen LogP contribution in [0.2, 0.25) is 0 Å². The van der Waals surface area contributed by atoms with Crippen molar-refractivity contribution < 1.29 is 27.4 Å². The lowest BCUT2D eigenvalue weighted by molar-refractivity contribution is -0.274. The van der Waals surface area contributed by atoms with E-state index in [9.17, 15) is 18.3 Å². The van der Waals surface area contributed by atoms with Crippen LogP contribution in [0.5, 0.6) is 5.75 Å². The minimum absolute atomic E-state index is 0.256. The molecule has 0 radical (unpaired) electrons. The molecule has 1 N–H and O–H groups in total. The fourth-order valence-corrected chi connectivity index (χ4v) is 1.63. The predicted octanol–water partition coefficient (Wildman–Crippen LogP) is 3.45. The van der Waals surface area contributed by atoms with Crippen molar-refractivity contribution in [2.24, 2.45) is 0 Å². The smallest absolute Gasteiger partial charge is 0.469 e. The van der Waals surface area contributed by atoms with Crippen molar-refractivity contribution in [1.82, 2.24) is 0 Å². The van der Waals surface area contributed by atoms with Gasteiger partial charge in [0.2, 0.25) is 0 Å². The molecule has 2 rings (SSSR count). The van der Waals surface area contributed by atoms with Crippen LogP contribution >= 0.6 is 0 Å². The molecular weight excluding hydrogens is 261 g/mol. The van der Waals surface area contributed by atoms with Crippen molar-refractivity contribution in [3.63, 3.8) is 0 Å². The van der Waals surface area contributed by atoms with E-state index in [1.807, 2.05) is 0 Å². The molecule has 0 aliphatic rings. The summed E-state index contributed by atoms with van der Waals surface area (Å²) in [7, 11) is 0. The van der Waals surface area contributed by atoms with Crippen LogP contribution in [-0.4, -0.2) is 11.5 Å². The monoisotopic (exact) mass is 272 g/mol. The molecule has 3 nitrogen and oxygen atoms in total. The maximum Gasteiger partial charge on any atom is 0.573 e. The van der Waals surface area contributed by atoms with Crippen LogP contribution < -0.4 is 4.74 Å². The molecule has 19 heavy (non-hydrogen) atoms. The summed E-state index contributed by atoms with van der Waals surface area (Å²) in [5.41, 5.74) is 0.492. The summed E-state index contributed by atoms with van der Waals surface area (Å²) in [4.78, 5) is 0. The average Bonchev–Trinajstić information content (AvgIpc) is 2.80. The normalized spacial score (nSPS) is 13.3. The molecule has 0 saturated heterocycles. The van der Waals surface area contributed by atoms with E-state index < -0.39 is 12.5 Å². The predicted molar refractivity (Wildman–Crippen MR) is 60.5 cm³/mol. The number of halogens is 3. The molecule has 1 atom stereocenters. The summed E-state index contributed by atoms with van der Waals surface area (Å²) in [5.74, 6) is 0.282. The fraction of sp³-hybridized carbons (Fsp3) is 0.231. The SMILES string of the molecule is OC(Cc1ccco1)c1ccc(OC(F)(F)F)cc1. The quantitative estimate of drug-likeness (QED) is 0.926. The van der Waals surface area contributed by atoms with Crippen LogP contribution in [0, 0.1) is 0 Å². The van der Waals surface area contributed by atoms with Gasteiger partial charge in [-0.05, 0) is 29.8 Å². The van der Waals surface area contributed by atoms with E-state index in [0.717, 1.165) is 12.1 Å². The Morgan fingerprint density at radius 1 is 1.16 bits per heavy atom. The maximum absolute atomic E-state index is 12.0. The fourth-order valence-electron chi connectivity index (χ4n) is 1.63. The van der Waals surface area contributed by atoms with Crippen LogP contribution in [0.1, 0.15) is 17.4 Å². The molecule has 1 unspecified atom stereocenters. The highest BCUT2D eigenvalue weighted by molar-refractivity contribution is 5.29. The third-order valence-corrected chi connectivity index (χ3v) is 2.47. The number of benzene rings is 1. The summed E-state index contributed by atoms with van der Waals surface area (Å²) >= 11 is 0. The van der Waals surface area contributed by atoms with Crippen LogP contribution in [0.15, 0.2) is 47.1 Å². The summed E-state index contributed by atoms with van der Waals surface area (Å²) in [6.07, 6.45) is -3.81. The highest BCUT2D eigenvalue weighted by Crippen LogP contribution is 2.25. The Hall–Kier alpha value is -1.95. The number of ether oxygens (including phenoxy) is 1. The summed E-state index contributed by atoms with van der Waals surface area (Å²) < 4.78 is 44.7. The second-order valence-corrected chi connectivity index (χ2v) is 3.92. The molecule has 0 amide bonds. The first-order valence-corrected chi connectivity index (χ1v) is 5.50. The lowest BCUT2D eigenvalue weighted by Crippen LogP contribution is -2.17. The van der Waals surface area contributed by atoms with E-state index in [2.05, 4.69) is 4.74 Å². The van der Waals surface area contributed by atoms with Gasteiger partial charge in [0, 0.05) is 6.42 Å². The molecule has 1 aromatic carbocycles. The van der Waals surface area contributed by atoms with E-state index >= 15 is 0 Å². The van der Waals surface area contributed by atoms with Gasteiger partial charge in [-0.25, -0.2) is 0 Å². The largest absolute Gasteiger partial charge is 0.573 e. The zero-order chi connectivity index (χ0) is 13.9. The Morgan fingerprint density at radius 3 is 2.37 bits per heavy atom. The Balaban J connectivity index is 2.01. The summed E-state index contributed by atoms with van der Waals surface area (Å²) in [5, 5.41) is 9.89. The average molecular weight is 272 g/mol. The molecule has 0 spiro atoms. The van der Waals surface area contributed by atoms with Crippen molar-refractivity contribution in [3.05, 3.63) is 54.0 Å². The third-order valence-electron chi connectivity index (χ3n) is 2.47. The Bertz CT molecular complexity index is 503. The highest BCUT2D eigenvalue weighted by Gasteiger charge is 2.31. The van der Waals surface area contributed by atoms with Crippen molar-refractivity contribution in [2.45, 2.75) is 18.9 Å². The maximum atomic E-state index is 12.0. The molecule has 1 heterocycles. The Labute approximate surface area is 107 Å². The van der Waals surface area contributed by atoms with E-state index in [-0.39, 0.29) is 12.2 Å². The van der Waals surface area contributed by atoms with Gasteiger partial charge in [-0.2, -0.15) is 0 Å². The first kappa shape index (κ1) is 13.5. The van der Waals surface area contributed by atoms with Gasteiger partial charge in [-0.1, -0.05) is 12.1 Å². The number of rotatable bonds is 4. The van der Waals surface area contributed by atoms with Gasteiger partial charge in [0.05, 0.1) is 12.4 Å². The summed E-state index contributed by atoms with van der Waals surface area (Å²) in [6, 6.07) is 8.50. The van der Waals surface area contributed by atoms with Crippen LogP contribution in [0.3, 0.4) is 0 Å². The van der Waals surface area contributed by atoms with Gasteiger partial charge in [-0.15, -0.1) is 13.2 Å². The van der Waals surface area contributed by atoms with E-state index in [4.69, 9.17) is 4.42 Å². The topological polar surface area (TPSA) is 42.6 Å².